The van der Waals surface area contributed by atoms with E-state index in [-0.39, 0.29) is 10.8 Å². The number of anilines is 1. The number of nitrogens with zero attached hydrogens (tertiary/aromatic N) is 2. The van der Waals surface area contributed by atoms with Gasteiger partial charge in [0.05, 0.1) is 11.1 Å². The second kappa shape index (κ2) is 3.63. The third kappa shape index (κ3) is 2.00. The molecule has 1 fully saturated rings. The van der Waals surface area contributed by atoms with Crippen LogP contribution in [0.2, 0.25) is 0 Å². The van der Waals surface area contributed by atoms with Gasteiger partial charge in [-0.1, -0.05) is 13.8 Å². The highest BCUT2D eigenvalue weighted by atomic mass is 35.5. The summed E-state index contributed by atoms with van der Waals surface area (Å²) in [7, 11) is 0. The first kappa shape index (κ1) is 11.2. The van der Waals surface area contributed by atoms with Gasteiger partial charge in [0, 0.05) is 23.4 Å². The van der Waals surface area contributed by atoms with Gasteiger partial charge in [-0.2, -0.15) is 0 Å². The second-order valence-electron chi connectivity index (χ2n) is 4.97. The van der Waals surface area contributed by atoms with Crippen molar-refractivity contribution >= 4 is 28.1 Å². The molecule has 0 saturated carbocycles. The molecule has 0 spiro atoms. The molecule has 0 aromatic carbocycles. The Morgan fingerprint density at radius 3 is 2.53 bits per heavy atom. The highest BCUT2D eigenvalue weighted by Crippen LogP contribution is 2.38. The minimum atomic E-state index is 0.190. The third-order valence-corrected chi connectivity index (χ3v) is 4.98. The molecule has 1 aliphatic rings. The van der Waals surface area contributed by atoms with Gasteiger partial charge in [0.15, 0.2) is 5.13 Å². The minimum absolute atomic E-state index is 0.190. The van der Waals surface area contributed by atoms with Crippen molar-refractivity contribution in [1.29, 1.82) is 0 Å². The molecule has 1 aromatic heterocycles. The number of hydrogen-bond donors (Lipinski definition) is 0. The van der Waals surface area contributed by atoms with E-state index in [9.17, 15) is 0 Å². The smallest absolute Gasteiger partial charge is 0.185 e. The summed E-state index contributed by atoms with van der Waals surface area (Å²) < 4.78 is 0. The van der Waals surface area contributed by atoms with Crippen LogP contribution in [0.5, 0.6) is 0 Å². The maximum absolute atomic E-state index is 6.33. The van der Waals surface area contributed by atoms with Crippen molar-refractivity contribution in [3.8, 4) is 0 Å². The van der Waals surface area contributed by atoms with Crippen LogP contribution in [0.15, 0.2) is 0 Å². The predicted octanol–water partition coefficient (Wildman–Crippen LogP) is 3.21. The average Bonchev–Trinajstić information content (AvgIpc) is 2.57. The monoisotopic (exact) mass is 244 g/mol. The van der Waals surface area contributed by atoms with Gasteiger partial charge < -0.3 is 4.90 Å². The van der Waals surface area contributed by atoms with E-state index < -0.39 is 0 Å². The fourth-order valence-electron chi connectivity index (χ4n) is 1.83. The SMILES string of the molecule is Cc1nc(N2CC(Cl)C(C)(C)C2)sc1C. The standard InChI is InChI=1S/C11H17ClN2S/c1-7-8(2)15-10(13-7)14-5-9(12)11(3,4)6-14/h9H,5-6H2,1-4H3. The number of rotatable bonds is 1. The molecule has 0 bridgehead atoms. The van der Waals surface area contributed by atoms with Crippen molar-refractivity contribution in [1.82, 2.24) is 4.98 Å². The van der Waals surface area contributed by atoms with Gasteiger partial charge in [-0.3, -0.25) is 0 Å². The Kier molecular flexibility index (Phi) is 2.72. The van der Waals surface area contributed by atoms with Gasteiger partial charge >= 0.3 is 0 Å². The lowest BCUT2D eigenvalue weighted by molar-refractivity contribution is 0.425. The van der Waals surface area contributed by atoms with E-state index in [1.54, 1.807) is 11.3 Å². The fraction of sp³-hybridized carbons (Fsp3) is 0.727. The summed E-state index contributed by atoms with van der Waals surface area (Å²) in [5.74, 6) is 0. The van der Waals surface area contributed by atoms with Crippen molar-refractivity contribution in [3.05, 3.63) is 10.6 Å². The van der Waals surface area contributed by atoms with Gasteiger partial charge in [0.1, 0.15) is 0 Å². The first-order valence-corrected chi connectivity index (χ1v) is 6.48. The van der Waals surface area contributed by atoms with Crippen LogP contribution in [-0.4, -0.2) is 23.5 Å². The Labute approximate surface area is 100 Å². The third-order valence-electron chi connectivity index (χ3n) is 3.11. The Morgan fingerprint density at radius 1 is 1.47 bits per heavy atom. The second-order valence-corrected chi connectivity index (χ2v) is 6.68. The minimum Gasteiger partial charge on any atom is -0.346 e. The van der Waals surface area contributed by atoms with Crippen LogP contribution in [0.3, 0.4) is 0 Å². The van der Waals surface area contributed by atoms with Gasteiger partial charge in [0.2, 0.25) is 0 Å². The Balaban J connectivity index is 2.21. The highest BCUT2D eigenvalue weighted by molar-refractivity contribution is 7.15. The summed E-state index contributed by atoms with van der Waals surface area (Å²) in [6.45, 7) is 10.6. The number of aromatic nitrogens is 1. The van der Waals surface area contributed by atoms with Gasteiger partial charge in [0.25, 0.3) is 0 Å². The Hall–Kier alpha value is -0.280. The van der Waals surface area contributed by atoms with Crippen molar-refractivity contribution in [2.45, 2.75) is 33.1 Å². The number of hydrogen-bond acceptors (Lipinski definition) is 3. The molecule has 2 nitrogen and oxygen atoms in total. The van der Waals surface area contributed by atoms with Crippen molar-refractivity contribution < 1.29 is 0 Å². The quantitative estimate of drug-likeness (QED) is 0.706. The van der Waals surface area contributed by atoms with Crippen molar-refractivity contribution in [3.63, 3.8) is 0 Å². The zero-order chi connectivity index (χ0) is 11.2. The number of halogens is 1. The molecule has 1 aromatic rings. The molecule has 1 atom stereocenters. The largest absolute Gasteiger partial charge is 0.346 e. The predicted molar refractivity (Wildman–Crippen MR) is 67.2 cm³/mol. The van der Waals surface area contributed by atoms with Crippen molar-refractivity contribution in [2.24, 2.45) is 5.41 Å². The average molecular weight is 245 g/mol. The lowest BCUT2D eigenvalue weighted by Gasteiger charge is -2.20. The van der Waals surface area contributed by atoms with E-state index in [0.717, 1.165) is 23.9 Å². The first-order chi connectivity index (χ1) is 6.90. The summed E-state index contributed by atoms with van der Waals surface area (Å²) in [4.78, 5) is 8.19. The van der Waals surface area contributed by atoms with E-state index >= 15 is 0 Å². The van der Waals surface area contributed by atoms with E-state index in [4.69, 9.17) is 11.6 Å². The molecular weight excluding hydrogens is 228 g/mol. The fourth-order valence-corrected chi connectivity index (χ4v) is 2.99. The van der Waals surface area contributed by atoms with E-state index in [1.807, 2.05) is 0 Å². The van der Waals surface area contributed by atoms with E-state index in [0.29, 0.717) is 0 Å². The first-order valence-electron chi connectivity index (χ1n) is 5.23. The van der Waals surface area contributed by atoms with Crippen LogP contribution < -0.4 is 4.90 Å². The molecule has 1 unspecified atom stereocenters. The molecule has 84 valence electrons. The van der Waals surface area contributed by atoms with Gasteiger partial charge in [-0.05, 0) is 13.8 Å². The van der Waals surface area contributed by atoms with Crippen LogP contribution in [-0.2, 0) is 0 Å². The van der Waals surface area contributed by atoms with Crippen LogP contribution in [0.4, 0.5) is 5.13 Å². The lowest BCUT2D eigenvalue weighted by Crippen LogP contribution is -2.23. The van der Waals surface area contributed by atoms with Gasteiger partial charge in [-0.15, -0.1) is 22.9 Å². The number of thiazole rings is 1. The Bertz CT molecular complexity index is 353. The van der Waals surface area contributed by atoms with Crippen LogP contribution in [0.1, 0.15) is 24.4 Å². The molecule has 2 rings (SSSR count). The zero-order valence-electron chi connectivity index (χ0n) is 9.67. The molecule has 0 aliphatic carbocycles. The van der Waals surface area contributed by atoms with Crippen LogP contribution >= 0.6 is 22.9 Å². The maximum Gasteiger partial charge on any atom is 0.185 e. The molecule has 0 amide bonds. The van der Waals surface area contributed by atoms with Crippen LogP contribution in [0.25, 0.3) is 0 Å². The normalized spacial score (nSPS) is 24.9. The number of aryl methyl sites for hydroxylation is 2. The topological polar surface area (TPSA) is 16.1 Å². The summed E-state index contributed by atoms with van der Waals surface area (Å²) in [6.07, 6.45) is 0. The van der Waals surface area contributed by atoms with Crippen molar-refractivity contribution in [2.75, 3.05) is 18.0 Å². The molecule has 1 aliphatic heterocycles. The van der Waals surface area contributed by atoms with E-state index in [1.165, 1.54) is 4.88 Å². The summed E-state index contributed by atoms with van der Waals surface area (Å²) >= 11 is 8.10. The van der Waals surface area contributed by atoms with Crippen LogP contribution in [0, 0.1) is 19.3 Å². The summed E-state index contributed by atoms with van der Waals surface area (Å²) in [5.41, 5.74) is 1.33. The summed E-state index contributed by atoms with van der Waals surface area (Å²) in [5, 5.41) is 1.35. The molecule has 1 saturated heterocycles. The lowest BCUT2D eigenvalue weighted by atomic mass is 9.93. The molecule has 0 radical (unpaired) electrons. The number of alkyl halides is 1. The zero-order valence-corrected chi connectivity index (χ0v) is 11.2. The molecule has 0 N–H and O–H groups in total. The maximum atomic E-state index is 6.33. The summed E-state index contributed by atoms with van der Waals surface area (Å²) in [6, 6.07) is 0. The van der Waals surface area contributed by atoms with E-state index in [2.05, 4.69) is 37.6 Å². The highest BCUT2D eigenvalue weighted by Gasteiger charge is 2.39. The Morgan fingerprint density at radius 2 is 2.13 bits per heavy atom. The molecular formula is C11H17ClN2S. The van der Waals surface area contributed by atoms with Gasteiger partial charge in [-0.25, -0.2) is 4.98 Å². The molecule has 2 heterocycles. The molecule has 15 heavy (non-hydrogen) atoms. The molecule has 4 heteroatoms.